The maximum atomic E-state index is 8.91. The third-order valence-corrected chi connectivity index (χ3v) is 4.47. The van der Waals surface area contributed by atoms with Crippen molar-refractivity contribution in [3.8, 4) is 11.8 Å². The van der Waals surface area contributed by atoms with E-state index in [2.05, 4.69) is 47.1 Å². The average molecular weight is 321 g/mol. The number of anilines is 1. The predicted molar refractivity (Wildman–Crippen MR) is 96.5 cm³/mol. The van der Waals surface area contributed by atoms with Crippen molar-refractivity contribution in [3.63, 3.8) is 0 Å². The minimum atomic E-state index is 0.638. The summed E-state index contributed by atoms with van der Waals surface area (Å²) in [5.41, 5.74) is 3.33. The van der Waals surface area contributed by atoms with E-state index in [9.17, 15) is 0 Å². The van der Waals surface area contributed by atoms with Crippen LogP contribution in [-0.2, 0) is 0 Å². The van der Waals surface area contributed by atoms with Crippen LogP contribution in [0.5, 0.6) is 5.75 Å². The Kier molecular flexibility index (Phi) is 5.35. The van der Waals surface area contributed by atoms with Gasteiger partial charge < -0.3 is 9.64 Å². The number of benzene rings is 2. The molecule has 1 aliphatic rings. The fraction of sp³-hybridized carbons (Fsp3) is 0.350. The summed E-state index contributed by atoms with van der Waals surface area (Å²) in [4.78, 5) is 4.89. The van der Waals surface area contributed by atoms with Gasteiger partial charge in [-0.05, 0) is 36.8 Å². The smallest absolute Gasteiger partial charge is 0.120 e. The second-order valence-electron chi connectivity index (χ2n) is 6.10. The molecule has 1 fully saturated rings. The summed E-state index contributed by atoms with van der Waals surface area (Å²) in [6.45, 7) is 7.94. The highest BCUT2D eigenvalue weighted by Crippen LogP contribution is 2.20. The molecule has 0 radical (unpaired) electrons. The Morgan fingerprint density at radius 2 is 1.83 bits per heavy atom. The number of hydrogen-bond donors (Lipinski definition) is 0. The summed E-state index contributed by atoms with van der Waals surface area (Å²) in [5, 5.41) is 8.91. The van der Waals surface area contributed by atoms with Gasteiger partial charge in [-0.2, -0.15) is 5.26 Å². The van der Waals surface area contributed by atoms with E-state index in [1.54, 1.807) is 12.1 Å². The molecule has 4 heteroatoms. The highest BCUT2D eigenvalue weighted by molar-refractivity contribution is 5.53. The zero-order valence-corrected chi connectivity index (χ0v) is 14.1. The van der Waals surface area contributed by atoms with Gasteiger partial charge in [0.2, 0.25) is 0 Å². The van der Waals surface area contributed by atoms with Crippen molar-refractivity contribution in [2.75, 3.05) is 44.2 Å². The van der Waals surface area contributed by atoms with Gasteiger partial charge in [0.15, 0.2) is 0 Å². The highest BCUT2D eigenvalue weighted by atomic mass is 16.5. The molecular weight excluding hydrogens is 298 g/mol. The molecule has 0 unspecified atom stereocenters. The standard InChI is InChI=1S/C20H23N3O/c1-17-5-2-3-8-20(17)23-11-9-22(10-12-23)13-14-24-19-7-4-6-18(15-19)16-21/h2-8,15H,9-14H2,1H3. The molecule has 0 aromatic heterocycles. The lowest BCUT2D eigenvalue weighted by Gasteiger charge is -2.36. The Balaban J connectivity index is 1.44. The monoisotopic (exact) mass is 321 g/mol. The number of aryl methyl sites for hydroxylation is 1. The second kappa shape index (κ2) is 7.85. The maximum absolute atomic E-state index is 8.91. The van der Waals surface area contributed by atoms with Crippen LogP contribution in [-0.4, -0.2) is 44.2 Å². The van der Waals surface area contributed by atoms with Crippen LogP contribution in [0.25, 0.3) is 0 Å². The third kappa shape index (κ3) is 4.06. The van der Waals surface area contributed by atoms with Crippen LogP contribution in [0, 0.1) is 18.3 Å². The minimum Gasteiger partial charge on any atom is -0.492 e. The number of ether oxygens (including phenoxy) is 1. The number of para-hydroxylation sites is 1. The molecule has 0 atom stereocenters. The van der Waals surface area contributed by atoms with Crippen LogP contribution in [0.4, 0.5) is 5.69 Å². The van der Waals surface area contributed by atoms with Gasteiger partial charge in [-0.25, -0.2) is 0 Å². The zero-order chi connectivity index (χ0) is 16.8. The first kappa shape index (κ1) is 16.4. The molecule has 2 aromatic carbocycles. The average Bonchev–Trinajstić information content (AvgIpc) is 2.63. The second-order valence-corrected chi connectivity index (χ2v) is 6.10. The quantitative estimate of drug-likeness (QED) is 0.848. The van der Waals surface area contributed by atoms with Crippen LogP contribution in [0.3, 0.4) is 0 Å². The van der Waals surface area contributed by atoms with E-state index in [1.165, 1.54) is 11.3 Å². The summed E-state index contributed by atoms with van der Waals surface area (Å²) < 4.78 is 5.78. The Morgan fingerprint density at radius 3 is 2.58 bits per heavy atom. The van der Waals surface area contributed by atoms with E-state index in [0.29, 0.717) is 12.2 Å². The van der Waals surface area contributed by atoms with E-state index < -0.39 is 0 Å². The fourth-order valence-corrected chi connectivity index (χ4v) is 3.08. The highest BCUT2D eigenvalue weighted by Gasteiger charge is 2.17. The van der Waals surface area contributed by atoms with Crippen molar-refractivity contribution in [3.05, 3.63) is 59.7 Å². The maximum Gasteiger partial charge on any atom is 0.120 e. The lowest BCUT2D eigenvalue weighted by molar-refractivity contribution is 0.200. The van der Waals surface area contributed by atoms with Gasteiger partial charge in [0, 0.05) is 38.4 Å². The molecule has 1 heterocycles. The first-order valence-corrected chi connectivity index (χ1v) is 8.42. The number of rotatable bonds is 5. The largest absolute Gasteiger partial charge is 0.492 e. The summed E-state index contributed by atoms with van der Waals surface area (Å²) in [7, 11) is 0. The number of nitriles is 1. The molecule has 4 nitrogen and oxygen atoms in total. The third-order valence-electron chi connectivity index (χ3n) is 4.47. The molecule has 0 N–H and O–H groups in total. The lowest BCUT2D eigenvalue weighted by Crippen LogP contribution is -2.47. The van der Waals surface area contributed by atoms with E-state index in [1.807, 2.05) is 12.1 Å². The SMILES string of the molecule is Cc1ccccc1N1CCN(CCOc2cccc(C#N)c2)CC1. The Labute approximate surface area is 143 Å². The molecule has 2 aromatic rings. The molecule has 3 rings (SSSR count). The van der Waals surface area contributed by atoms with Crippen LogP contribution >= 0.6 is 0 Å². The summed E-state index contributed by atoms with van der Waals surface area (Å²) in [6.07, 6.45) is 0. The minimum absolute atomic E-state index is 0.638. The molecule has 0 aliphatic carbocycles. The van der Waals surface area contributed by atoms with Crippen molar-refractivity contribution in [1.82, 2.24) is 4.90 Å². The Bertz CT molecular complexity index is 715. The predicted octanol–water partition coefficient (Wildman–Crippen LogP) is 3.07. The first-order valence-electron chi connectivity index (χ1n) is 8.42. The molecule has 0 amide bonds. The van der Waals surface area contributed by atoms with Gasteiger partial charge in [-0.3, -0.25) is 4.90 Å². The van der Waals surface area contributed by atoms with Crippen LogP contribution in [0.2, 0.25) is 0 Å². The topological polar surface area (TPSA) is 39.5 Å². The van der Waals surface area contributed by atoms with Crippen molar-refractivity contribution < 1.29 is 4.74 Å². The van der Waals surface area contributed by atoms with Gasteiger partial charge in [0.25, 0.3) is 0 Å². The molecule has 0 spiro atoms. The van der Waals surface area contributed by atoms with Crippen LogP contribution < -0.4 is 9.64 Å². The number of hydrogen-bond acceptors (Lipinski definition) is 4. The first-order chi connectivity index (χ1) is 11.8. The molecule has 24 heavy (non-hydrogen) atoms. The van der Waals surface area contributed by atoms with Gasteiger partial charge >= 0.3 is 0 Å². The van der Waals surface area contributed by atoms with E-state index in [4.69, 9.17) is 10.00 Å². The summed E-state index contributed by atoms with van der Waals surface area (Å²) >= 11 is 0. The van der Waals surface area contributed by atoms with Crippen molar-refractivity contribution in [2.24, 2.45) is 0 Å². The molecule has 124 valence electrons. The fourth-order valence-electron chi connectivity index (χ4n) is 3.08. The zero-order valence-electron chi connectivity index (χ0n) is 14.1. The van der Waals surface area contributed by atoms with E-state index in [-0.39, 0.29) is 0 Å². The molecule has 1 aliphatic heterocycles. The lowest BCUT2D eigenvalue weighted by atomic mass is 10.1. The normalized spacial score (nSPS) is 15.1. The summed E-state index contributed by atoms with van der Waals surface area (Å²) in [6, 6.07) is 18.0. The molecule has 1 saturated heterocycles. The van der Waals surface area contributed by atoms with E-state index >= 15 is 0 Å². The van der Waals surface area contributed by atoms with Crippen molar-refractivity contribution in [2.45, 2.75) is 6.92 Å². The Hall–Kier alpha value is -2.51. The molecule has 0 bridgehead atoms. The van der Waals surface area contributed by atoms with Gasteiger partial charge in [0.1, 0.15) is 12.4 Å². The van der Waals surface area contributed by atoms with Gasteiger partial charge in [-0.1, -0.05) is 24.3 Å². The Morgan fingerprint density at radius 1 is 1.04 bits per heavy atom. The summed E-state index contributed by atoms with van der Waals surface area (Å²) in [5.74, 6) is 0.771. The number of piperazine rings is 1. The van der Waals surface area contributed by atoms with E-state index in [0.717, 1.165) is 38.5 Å². The van der Waals surface area contributed by atoms with Crippen LogP contribution in [0.1, 0.15) is 11.1 Å². The van der Waals surface area contributed by atoms with Crippen molar-refractivity contribution in [1.29, 1.82) is 5.26 Å². The van der Waals surface area contributed by atoms with Crippen LogP contribution in [0.15, 0.2) is 48.5 Å². The number of nitrogens with zero attached hydrogens (tertiary/aromatic N) is 3. The molecule has 0 saturated carbocycles. The van der Waals surface area contributed by atoms with Crippen molar-refractivity contribution >= 4 is 5.69 Å². The van der Waals surface area contributed by atoms with Gasteiger partial charge in [-0.15, -0.1) is 0 Å². The molecular formula is C20H23N3O. The van der Waals surface area contributed by atoms with Gasteiger partial charge in [0.05, 0.1) is 11.6 Å².